The van der Waals surface area contributed by atoms with Crippen LogP contribution in [0.25, 0.3) is 0 Å². The summed E-state index contributed by atoms with van der Waals surface area (Å²) in [6, 6.07) is 13.3. The maximum Gasteiger partial charge on any atom is 0.122 e. The van der Waals surface area contributed by atoms with Crippen molar-refractivity contribution in [3.05, 3.63) is 59.4 Å². The second-order valence-electron chi connectivity index (χ2n) is 6.86. The lowest BCUT2D eigenvalue weighted by atomic mass is 10.0. The molecule has 4 nitrogen and oxygen atoms in total. The van der Waals surface area contributed by atoms with Gasteiger partial charge in [0.25, 0.3) is 0 Å². The average Bonchev–Trinajstić information content (AvgIpc) is 2.93. The molecule has 0 spiro atoms. The molecule has 0 saturated carbocycles. The van der Waals surface area contributed by atoms with Crippen LogP contribution in [0.2, 0.25) is 0 Å². The van der Waals surface area contributed by atoms with Crippen LogP contribution >= 0.6 is 12.4 Å². The third kappa shape index (κ3) is 5.70. The lowest BCUT2D eigenvalue weighted by Gasteiger charge is -2.31. The summed E-state index contributed by atoms with van der Waals surface area (Å²) >= 11 is 0. The number of nitrogens with one attached hydrogen (secondary N) is 1. The molecule has 3 rings (SSSR count). The van der Waals surface area contributed by atoms with Crippen molar-refractivity contribution in [1.82, 2.24) is 15.2 Å². The smallest absolute Gasteiger partial charge is 0.122 e. The fourth-order valence-corrected chi connectivity index (χ4v) is 3.58. The van der Waals surface area contributed by atoms with Gasteiger partial charge in [-0.15, -0.1) is 12.4 Å². The van der Waals surface area contributed by atoms with Crippen LogP contribution in [0.1, 0.15) is 36.1 Å². The molecule has 1 saturated heterocycles. The van der Waals surface area contributed by atoms with E-state index in [9.17, 15) is 0 Å². The average molecular weight is 376 g/mol. The summed E-state index contributed by atoms with van der Waals surface area (Å²) in [6.07, 6.45) is 5.55. The van der Waals surface area contributed by atoms with E-state index >= 15 is 0 Å². The van der Waals surface area contributed by atoms with Crippen molar-refractivity contribution in [2.45, 2.75) is 45.3 Å². The molecular formula is C21H30ClN3O. The fraction of sp³-hybridized carbons (Fsp3) is 0.476. The topological polar surface area (TPSA) is 37.4 Å². The van der Waals surface area contributed by atoms with Gasteiger partial charge in [-0.2, -0.15) is 0 Å². The Labute approximate surface area is 163 Å². The van der Waals surface area contributed by atoms with Crippen LogP contribution in [0.15, 0.2) is 42.6 Å². The van der Waals surface area contributed by atoms with E-state index in [4.69, 9.17) is 4.74 Å². The van der Waals surface area contributed by atoms with E-state index in [1.54, 1.807) is 7.11 Å². The molecule has 142 valence electrons. The molecule has 1 N–H and O–H groups in total. The van der Waals surface area contributed by atoms with Gasteiger partial charge in [0, 0.05) is 25.3 Å². The van der Waals surface area contributed by atoms with Crippen molar-refractivity contribution in [1.29, 1.82) is 0 Å². The maximum atomic E-state index is 5.51. The van der Waals surface area contributed by atoms with Crippen molar-refractivity contribution in [2.75, 3.05) is 20.2 Å². The number of hydrogen-bond acceptors (Lipinski definition) is 4. The minimum absolute atomic E-state index is 0. The van der Waals surface area contributed by atoms with Crippen LogP contribution in [-0.2, 0) is 13.1 Å². The van der Waals surface area contributed by atoms with Gasteiger partial charge in [0.1, 0.15) is 5.75 Å². The van der Waals surface area contributed by atoms with Crippen LogP contribution in [-0.4, -0.2) is 36.1 Å². The Morgan fingerprint density at radius 2 is 2.04 bits per heavy atom. The number of benzene rings is 1. The third-order valence-corrected chi connectivity index (χ3v) is 5.01. The summed E-state index contributed by atoms with van der Waals surface area (Å²) in [7, 11) is 1.74. The highest BCUT2D eigenvalue weighted by Gasteiger charge is 2.21. The Hall–Kier alpha value is -1.62. The van der Waals surface area contributed by atoms with Gasteiger partial charge in [-0.3, -0.25) is 9.88 Å². The zero-order chi connectivity index (χ0) is 17.5. The largest absolute Gasteiger partial charge is 0.496 e. The quantitative estimate of drug-likeness (QED) is 0.829. The summed E-state index contributed by atoms with van der Waals surface area (Å²) in [6.45, 7) is 6.14. The molecule has 2 heterocycles. The fourth-order valence-electron chi connectivity index (χ4n) is 3.58. The van der Waals surface area contributed by atoms with E-state index in [-0.39, 0.29) is 12.4 Å². The molecule has 26 heavy (non-hydrogen) atoms. The summed E-state index contributed by atoms with van der Waals surface area (Å²) in [5.74, 6) is 0.970. The molecule has 0 bridgehead atoms. The minimum Gasteiger partial charge on any atom is -0.496 e. The first-order valence-corrected chi connectivity index (χ1v) is 9.24. The molecule has 1 atom stereocenters. The van der Waals surface area contributed by atoms with Crippen LogP contribution < -0.4 is 10.1 Å². The van der Waals surface area contributed by atoms with E-state index in [0.717, 1.165) is 37.6 Å². The lowest BCUT2D eigenvalue weighted by molar-refractivity contribution is 0.162. The standard InChI is InChI=1S/C21H29N3O.ClH/c1-17-8-9-18(14-21(17)25-2)15-24(16-19-6-3-4-12-23-19)20-7-5-11-22-13-10-20;/h3-4,6,8-9,12,14,20,22H,5,7,10-11,13,15-16H2,1-2H3;1H. The lowest BCUT2D eigenvalue weighted by Crippen LogP contribution is -2.35. The Kier molecular flexibility index (Phi) is 8.36. The number of ether oxygens (including phenoxy) is 1. The van der Waals surface area contributed by atoms with E-state index < -0.39 is 0 Å². The summed E-state index contributed by atoms with van der Waals surface area (Å²) in [5.41, 5.74) is 3.62. The number of pyridine rings is 1. The molecule has 1 aromatic heterocycles. The van der Waals surface area contributed by atoms with Crippen molar-refractivity contribution < 1.29 is 4.74 Å². The van der Waals surface area contributed by atoms with Crippen molar-refractivity contribution in [2.24, 2.45) is 0 Å². The molecule has 1 aliphatic heterocycles. The molecule has 2 aromatic rings. The SMILES string of the molecule is COc1cc(CN(Cc2ccccn2)C2CCCNCC2)ccc1C.Cl. The first kappa shape index (κ1) is 20.7. The van der Waals surface area contributed by atoms with Gasteiger partial charge in [-0.05, 0) is 68.6 Å². The molecule has 1 unspecified atom stereocenters. The predicted molar refractivity (Wildman–Crippen MR) is 109 cm³/mol. The number of halogens is 1. The second kappa shape index (κ2) is 10.5. The number of methoxy groups -OCH3 is 1. The molecule has 1 aromatic carbocycles. The van der Waals surface area contributed by atoms with Gasteiger partial charge in [-0.1, -0.05) is 18.2 Å². The van der Waals surface area contributed by atoms with Gasteiger partial charge in [0.15, 0.2) is 0 Å². The van der Waals surface area contributed by atoms with Gasteiger partial charge >= 0.3 is 0 Å². The van der Waals surface area contributed by atoms with Gasteiger partial charge < -0.3 is 10.1 Å². The molecule has 0 radical (unpaired) electrons. The predicted octanol–water partition coefficient (Wildman–Crippen LogP) is 3.96. The Morgan fingerprint density at radius 1 is 1.15 bits per heavy atom. The zero-order valence-corrected chi connectivity index (χ0v) is 16.6. The monoisotopic (exact) mass is 375 g/mol. The van der Waals surface area contributed by atoms with Crippen LogP contribution in [0.4, 0.5) is 0 Å². The first-order chi connectivity index (χ1) is 12.3. The van der Waals surface area contributed by atoms with Crippen molar-refractivity contribution >= 4 is 12.4 Å². The van der Waals surface area contributed by atoms with Crippen LogP contribution in [0.3, 0.4) is 0 Å². The molecule has 1 fully saturated rings. The Morgan fingerprint density at radius 3 is 2.81 bits per heavy atom. The van der Waals surface area contributed by atoms with E-state index in [0.29, 0.717) is 6.04 Å². The molecule has 5 heteroatoms. The maximum absolute atomic E-state index is 5.51. The number of aromatic nitrogens is 1. The van der Waals surface area contributed by atoms with Crippen LogP contribution in [0.5, 0.6) is 5.75 Å². The van der Waals surface area contributed by atoms with Gasteiger partial charge in [-0.25, -0.2) is 0 Å². The minimum atomic E-state index is 0. The van der Waals surface area contributed by atoms with E-state index in [1.165, 1.54) is 30.4 Å². The Balaban J connectivity index is 0.00000243. The number of nitrogens with zero attached hydrogens (tertiary/aromatic N) is 2. The van der Waals surface area contributed by atoms with Crippen LogP contribution in [0, 0.1) is 6.92 Å². The Bertz CT molecular complexity index is 658. The van der Waals surface area contributed by atoms with Crippen molar-refractivity contribution in [3.63, 3.8) is 0 Å². The molecular weight excluding hydrogens is 346 g/mol. The summed E-state index contributed by atoms with van der Waals surface area (Å²) in [5, 5.41) is 3.52. The highest BCUT2D eigenvalue weighted by atomic mass is 35.5. The molecule has 0 amide bonds. The molecule has 0 aliphatic carbocycles. The van der Waals surface area contributed by atoms with E-state index in [2.05, 4.69) is 52.5 Å². The van der Waals surface area contributed by atoms with Gasteiger partial charge in [0.05, 0.1) is 12.8 Å². The van der Waals surface area contributed by atoms with Gasteiger partial charge in [0.2, 0.25) is 0 Å². The normalized spacial score (nSPS) is 17.4. The third-order valence-electron chi connectivity index (χ3n) is 5.01. The van der Waals surface area contributed by atoms with E-state index in [1.807, 2.05) is 12.3 Å². The summed E-state index contributed by atoms with van der Waals surface area (Å²) in [4.78, 5) is 7.13. The zero-order valence-electron chi connectivity index (χ0n) is 15.8. The molecule has 1 aliphatic rings. The highest BCUT2D eigenvalue weighted by Crippen LogP contribution is 2.23. The first-order valence-electron chi connectivity index (χ1n) is 9.24. The number of hydrogen-bond donors (Lipinski definition) is 1. The van der Waals surface area contributed by atoms with Crippen molar-refractivity contribution in [3.8, 4) is 5.75 Å². The number of aryl methyl sites for hydroxylation is 1. The second-order valence-corrected chi connectivity index (χ2v) is 6.86. The summed E-state index contributed by atoms with van der Waals surface area (Å²) < 4.78 is 5.51. The number of rotatable bonds is 6. The highest BCUT2D eigenvalue weighted by molar-refractivity contribution is 5.85.